The molecule has 17 aromatic rings. The summed E-state index contributed by atoms with van der Waals surface area (Å²) in [7, 11) is 0. The fraction of sp³-hybridized carbons (Fsp3) is 0.0901. The van der Waals surface area contributed by atoms with Gasteiger partial charge in [-0.3, -0.25) is 15.0 Å². The molecule has 123 heavy (non-hydrogen) atoms. The number of fused-ring (bicyclic) bond motifs is 2. The lowest BCUT2D eigenvalue weighted by molar-refractivity contribution is 0.468. The number of hydrogen-bond donors (Lipinski definition) is 9. The summed E-state index contributed by atoms with van der Waals surface area (Å²) in [5.41, 5.74) is 25.7. The van der Waals surface area contributed by atoms with Gasteiger partial charge < -0.3 is 46.6 Å². The predicted molar refractivity (Wildman–Crippen MR) is 516 cm³/mol. The number of phenolic OH excluding ortho intramolecular Hbond substituents is 6. The van der Waals surface area contributed by atoms with Gasteiger partial charge in [0, 0.05) is 111 Å². The van der Waals surface area contributed by atoms with Crippen LogP contribution in [0.1, 0.15) is 72.3 Å². The van der Waals surface area contributed by atoms with E-state index >= 15 is 0 Å². The zero-order valence-corrected chi connectivity index (χ0v) is 70.3. The third-order valence-electron chi connectivity index (χ3n) is 20.3. The summed E-state index contributed by atoms with van der Waals surface area (Å²) in [5.74, 6) is 1.75. The van der Waals surface area contributed by atoms with Crippen LogP contribution in [0.4, 0.5) is 34.1 Å². The largest absolute Gasteiger partial charge is 0.508 e. The normalized spacial score (nSPS) is 10.8. The summed E-state index contributed by atoms with van der Waals surface area (Å²) in [6.45, 7) is 16.0. The minimum absolute atomic E-state index is 0.242. The summed E-state index contributed by atoms with van der Waals surface area (Å²) in [4.78, 5) is 13.5. The maximum absolute atomic E-state index is 9.96. The summed E-state index contributed by atoms with van der Waals surface area (Å²) in [6, 6.07) is 125. The summed E-state index contributed by atoms with van der Waals surface area (Å²) < 4.78 is 0. The molecular formula is C111H102N6O6. The van der Waals surface area contributed by atoms with Crippen molar-refractivity contribution < 1.29 is 30.6 Å². The molecule has 0 heterocycles. The number of aryl methyl sites for hydroxylation is 7. The first-order valence-corrected chi connectivity index (χ1v) is 40.9. The number of nitrogens with one attached hydrogen (secondary N) is 3. The highest BCUT2D eigenvalue weighted by atomic mass is 16.3. The van der Waals surface area contributed by atoms with Gasteiger partial charge >= 0.3 is 0 Å². The molecule has 0 bridgehead atoms. The van der Waals surface area contributed by atoms with E-state index in [1.807, 2.05) is 266 Å². The van der Waals surface area contributed by atoms with Crippen LogP contribution in [0, 0.1) is 48.5 Å². The maximum Gasteiger partial charge on any atom is 0.124 e. The first kappa shape index (κ1) is 86.8. The molecule has 0 unspecified atom stereocenters. The zero-order valence-electron chi connectivity index (χ0n) is 70.3. The van der Waals surface area contributed by atoms with Gasteiger partial charge in [-0.2, -0.15) is 0 Å². The third-order valence-corrected chi connectivity index (χ3v) is 20.3. The van der Waals surface area contributed by atoms with Crippen molar-refractivity contribution in [2.45, 2.75) is 68.1 Å². The molecule has 0 atom stereocenters. The average molecular weight is 1620 g/mol. The second-order valence-electron chi connectivity index (χ2n) is 30.0. The van der Waals surface area contributed by atoms with Gasteiger partial charge in [0.2, 0.25) is 0 Å². The van der Waals surface area contributed by atoms with Gasteiger partial charge in [0.25, 0.3) is 0 Å². The van der Waals surface area contributed by atoms with Crippen molar-refractivity contribution in [2.24, 2.45) is 15.0 Å². The molecule has 0 fully saturated rings. The quantitative estimate of drug-likeness (QED) is 0.0376. The number of rotatable bonds is 18. The second kappa shape index (κ2) is 43.8. The highest BCUT2D eigenvalue weighted by molar-refractivity contribution is 5.97. The van der Waals surface area contributed by atoms with Crippen LogP contribution in [-0.2, 0) is 19.6 Å². The Bertz CT molecular complexity index is 6400. The van der Waals surface area contributed by atoms with E-state index in [9.17, 15) is 30.6 Å². The van der Waals surface area contributed by atoms with Crippen molar-refractivity contribution in [1.82, 2.24) is 0 Å². The highest BCUT2D eigenvalue weighted by Gasteiger charge is 2.11. The van der Waals surface area contributed by atoms with Gasteiger partial charge in [-0.15, -0.1) is 0 Å². The van der Waals surface area contributed by atoms with E-state index in [4.69, 9.17) is 0 Å². The Morgan fingerprint density at radius 2 is 0.569 bits per heavy atom. The summed E-state index contributed by atoms with van der Waals surface area (Å²) >= 11 is 0. The van der Waals surface area contributed by atoms with E-state index in [0.29, 0.717) is 36.9 Å². The topological polar surface area (TPSA) is 195 Å². The predicted octanol–water partition coefficient (Wildman–Crippen LogP) is 27.9. The van der Waals surface area contributed by atoms with Crippen molar-refractivity contribution in [3.05, 3.63) is 455 Å². The van der Waals surface area contributed by atoms with Crippen LogP contribution < -0.4 is 16.0 Å². The fourth-order valence-electron chi connectivity index (χ4n) is 13.6. The Hall–Kier alpha value is -15.5. The average Bonchev–Trinajstić information content (AvgIpc) is 0.834. The van der Waals surface area contributed by atoms with Gasteiger partial charge in [-0.05, 0) is 185 Å². The molecule has 17 aromatic carbocycles. The zero-order chi connectivity index (χ0) is 86.2. The molecule has 0 spiro atoms. The number of para-hydroxylation sites is 2. The van der Waals surface area contributed by atoms with Crippen LogP contribution >= 0.6 is 0 Å². The molecule has 612 valence electrons. The fourth-order valence-corrected chi connectivity index (χ4v) is 13.6. The minimum atomic E-state index is 0.242. The van der Waals surface area contributed by atoms with Gasteiger partial charge in [0.15, 0.2) is 0 Å². The van der Waals surface area contributed by atoms with Crippen molar-refractivity contribution >= 4 is 74.3 Å². The Labute approximate surface area is 721 Å². The molecule has 0 aliphatic rings. The number of aliphatic imine (C=N–C) groups is 3. The molecule has 9 N–H and O–H groups in total. The molecule has 17 rings (SSSR count). The molecule has 12 nitrogen and oxygen atoms in total. The van der Waals surface area contributed by atoms with Crippen LogP contribution in [0.15, 0.2) is 397 Å². The number of benzene rings is 17. The Balaban J connectivity index is 0.000000135. The number of phenols is 6. The standard InChI is InChI=1S/C20H19NO.2C20H17NO.C18H17NO.C18H15NO.C15H17NO/c2*1-15-11-12-20(22)17(13-15)14-21-19-10-6-5-9-18(19)16-7-3-2-4-8-16;1-15-7-12-20(22)18(13-15)14-21-19-10-8-17(9-11-19)16-5-3-2-4-6-16;2*1-13-9-10-18(20)15(11-13)12-19-17-8-4-6-14-5-2-3-7-16(14)17;1-11-3-6-14(7-4-11)16-10-13-9-12(2)5-8-15(13)17/h2-13,21-22H,14H2,1H3;2*2-14,22H,1H3;2-11,19-20H,12H2,1H3;2-12,20H,1H3;3-9,16-17H,10H2,1-2H3. The van der Waals surface area contributed by atoms with Crippen molar-refractivity contribution in [3.8, 4) is 67.9 Å². The highest BCUT2D eigenvalue weighted by Crippen LogP contribution is 2.34. The number of nitrogens with zero attached hydrogens (tertiary/aromatic N) is 3. The maximum atomic E-state index is 9.96. The van der Waals surface area contributed by atoms with Crippen LogP contribution in [-0.4, -0.2) is 49.3 Å². The smallest absolute Gasteiger partial charge is 0.124 e. The summed E-state index contributed by atoms with van der Waals surface area (Å²) in [6.07, 6.45) is 5.12. The third kappa shape index (κ3) is 25.7. The number of hydrogen-bond acceptors (Lipinski definition) is 12. The monoisotopic (exact) mass is 1610 g/mol. The van der Waals surface area contributed by atoms with Crippen molar-refractivity contribution in [2.75, 3.05) is 16.0 Å². The van der Waals surface area contributed by atoms with Gasteiger partial charge in [-0.1, -0.05) is 318 Å². The lowest BCUT2D eigenvalue weighted by Gasteiger charge is -2.13. The molecule has 0 amide bonds. The number of anilines is 3. The summed E-state index contributed by atoms with van der Waals surface area (Å²) in [5, 5.41) is 73.9. The van der Waals surface area contributed by atoms with Gasteiger partial charge in [-0.25, -0.2) is 0 Å². The lowest BCUT2D eigenvalue weighted by Crippen LogP contribution is -2.01. The van der Waals surface area contributed by atoms with E-state index in [1.54, 1.807) is 55.0 Å². The van der Waals surface area contributed by atoms with Gasteiger partial charge in [0.05, 0.1) is 17.1 Å². The van der Waals surface area contributed by atoms with E-state index in [0.717, 1.165) is 134 Å². The first-order chi connectivity index (χ1) is 59.8. The second-order valence-corrected chi connectivity index (χ2v) is 30.0. The molecule has 0 saturated carbocycles. The molecule has 0 aliphatic heterocycles. The molecule has 0 radical (unpaired) electrons. The number of aromatic hydroxyl groups is 6. The van der Waals surface area contributed by atoms with Crippen LogP contribution in [0.2, 0.25) is 0 Å². The molecule has 0 saturated heterocycles. The van der Waals surface area contributed by atoms with Crippen LogP contribution in [0.3, 0.4) is 0 Å². The van der Waals surface area contributed by atoms with Gasteiger partial charge in [0.1, 0.15) is 34.5 Å². The van der Waals surface area contributed by atoms with Crippen molar-refractivity contribution in [3.63, 3.8) is 0 Å². The Kier molecular flexibility index (Phi) is 30.9. The molecule has 0 aromatic heterocycles. The molecular weight excluding hydrogens is 1510 g/mol. The first-order valence-electron chi connectivity index (χ1n) is 40.9. The van der Waals surface area contributed by atoms with E-state index in [1.165, 1.54) is 27.5 Å². The van der Waals surface area contributed by atoms with Crippen LogP contribution in [0.5, 0.6) is 34.5 Å². The Morgan fingerprint density at radius 3 is 1.08 bits per heavy atom. The van der Waals surface area contributed by atoms with Crippen LogP contribution in [0.25, 0.3) is 54.9 Å². The van der Waals surface area contributed by atoms with E-state index < -0.39 is 0 Å². The van der Waals surface area contributed by atoms with E-state index in [-0.39, 0.29) is 17.2 Å². The molecule has 12 heteroatoms. The minimum Gasteiger partial charge on any atom is -0.508 e. The molecule has 0 aliphatic carbocycles. The SMILES string of the molecule is Cc1ccc(NCc2cc(C)ccc2O)cc1.Cc1ccc(O)c(C=Nc2ccc(-c3ccccc3)cc2)c1.Cc1ccc(O)c(C=Nc2cccc3ccccc23)c1.Cc1ccc(O)c(C=Nc2ccccc2-c2ccccc2)c1.Cc1ccc(O)c(CNc2cccc3ccccc23)c1.Cc1ccc(O)c(CNc2ccccc2-c2ccccc2)c1. The van der Waals surface area contributed by atoms with E-state index in [2.05, 4.69) is 159 Å². The van der Waals surface area contributed by atoms with Crippen molar-refractivity contribution in [1.29, 1.82) is 0 Å². The lowest BCUT2D eigenvalue weighted by atomic mass is 10.0. The Morgan fingerprint density at radius 1 is 0.236 bits per heavy atom.